The lowest BCUT2D eigenvalue weighted by atomic mass is 10.2. The second kappa shape index (κ2) is 9.41. The van der Waals surface area contributed by atoms with Gasteiger partial charge in [-0.15, -0.1) is 0 Å². The van der Waals surface area contributed by atoms with Crippen molar-refractivity contribution >= 4 is 0 Å². The number of aliphatic hydroxyl groups is 1. The van der Waals surface area contributed by atoms with E-state index >= 15 is 0 Å². The maximum Gasteiger partial charge on any atom is 0.119 e. The molecule has 0 amide bonds. The van der Waals surface area contributed by atoms with E-state index in [1.807, 2.05) is 24.3 Å². The van der Waals surface area contributed by atoms with Crippen LogP contribution in [0.5, 0.6) is 5.75 Å². The SMILES string of the molecule is CCC(C)N(C)CCOc1ccc(C#CCCO)cc1. The highest BCUT2D eigenvalue weighted by atomic mass is 16.5. The Morgan fingerprint density at radius 1 is 1.30 bits per heavy atom. The summed E-state index contributed by atoms with van der Waals surface area (Å²) in [7, 11) is 2.12. The molecule has 0 heterocycles. The number of benzene rings is 1. The smallest absolute Gasteiger partial charge is 0.119 e. The first-order valence-electron chi connectivity index (χ1n) is 7.20. The molecule has 1 atom stereocenters. The Labute approximate surface area is 122 Å². The van der Waals surface area contributed by atoms with E-state index < -0.39 is 0 Å². The molecule has 1 aromatic rings. The van der Waals surface area contributed by atoms with Crippen molar-refractivity contribution < 1.29 is 9.84 Å². The van der Waals surface area contributed by atoms with Crippen molar-refractivity contribution in [1.29, 1.82) is 0 Å². The van der Waals surface area contributed by atoms with Gasteiger partial charge in [-0.3, -0.25) is 0 Å². The maximum atomic E-state index is 8.66. The summed E-state index contributed by atoms with van der Waals surface area (Å²) in [4.78, 5) is 2.30. The zero-order valence-corrected chi connectivity index (χ0v) is 12.7. The van der Waals surface area contributed by atoms with Gasteiger partial charge < -0.3 is 14.7 Å². The van der Waals surface area contributed by atoms with Gasteiger partial charge in [0.2, 0.25) is 0 Å². The predicted octanol–water partition coefficient (Wildman–Crippen LogP) is 2.53. The summed E-state index contributed by atoms with van der Waals surface area (Å²) in [6.45, 7) is 6.14. The largest absolute Gasteiger partial charge is 0.492 e. The lowest BCUT2D eigenvalue weighted by Gasteiger charge is -2.23. The van der Waals surface area contributed by atoms with Crippen molar-refractivity contribution in [1.82, 2.24) is 4.90 Å². The van der Waals surface area contributed by atoms with Crippen molar-refractivity contribution in [2.45, 2.75) is 32.7 Å². The van der Waals surface area contributed by atoms with E-state index in [2.05, 4.69) is 37.6 Å². The van der Waals surface area contributed by atoms with Crippen LogP contribution < -0.4 is 4.74 Å². The highest BCUT2D eigenvalue weighted by Crippen LogP contribution is 2.11. The minimum Gasteiger partial charge on any atom is -0.492 e. The molecule has 20 heavy (non-hydrogen) atoms. The van der Waals surface area contributed by atoms with Gasteiger partial charge in [0.05, 0.1) is 6.61 Å². The standard InChI is InChI=1S/C17H25NO2/c1-4-15(2)18(3)12-14-20-17-10-8-16(9-11-17)7-5-6-13-19/h8-11,15,19H,4,6,12-14H2,1-3H3. The van der Waals surface area contributed by atoms with Crippen LogP contribution in [-0.4, -0.2) is 42.9 Å². The van der Waals surface area contributed by atoms with Gasteiger partial charge in [-0.05, 0) is 44.7 Å². The van der Waals surface area contributed by atoms with Crippen LogP contribution in [0.2, 0.25) is 0 Å². The van der Waals surface area contributed by atoms with Crippen molar-refractivity contribution in [3.05, 3.63) is 29.8 Å². The molecule has 0 radical (unpaired) electrons. The summed E-state index contributed by atoms with van der Waals surface area (Å²) in [5.74, 6) is 6.77. The Balaban J connectivity index is 2.37. The number of ether oxygens (including phenoxy) is 1. The highest BCUT2D eigenvalue weighted by molar-refractivity contribution is 5.38. The van der Waals surface area contributed by atoms with Gasteiger partial charge in [0.1, 0.15) is 12.4 Å². The summed E-state index contributed by atoms with van der Waals surface area (Å²) >= 11 is 0. The topological polar surface area (TPSA) is 32.7 Å². The van der Waals surface area contributed by atoms with Crippen LogP contribution in [0.1, 0.15) is 32.3 Å². The molecular weight excluding hydrogens is 250 g/mol. The molecule has 1 rings (SSSR count). The quantitative estimate of drug-likeness (QED) is 0.776. The van der Waals surface area contributed by atoms with E-state index in [4.69, 9.17) is 9.84 Å². The second-order valence-electron chi connectivity index (χ2n) is 4.89. The number of hydrogen-bond donors (Lipinski definition) is 1. The third kappa shape index (κ3) is 6.10. The van der Waals surface area contributed by atoms with Gasteiger partial charge in [0, 0.05) is 24.6 Å². The number of likely N-dealkylation sites (N-methyl/N-ethyl adjacent to an activating group) is 1. The Morgan fingerprint density at radius 3 is 2.60 bits per heavy atom. The molecular formula is C17H25NO2. The molecule has 1 unspecified atom stereocenters. The molecule has 0 aliphatic heterocycles. The Kier molecular flexibility index (Phi) is 7.79. The van der Waals surface area contributed by atoms with E-state index in [1.54, 1.807) is 0 Å². The van der Waals surface area contributed by atoms with Crippen LogP contribution in [-0.2, 0) is 0 Å². The second-order valence-corrected chi connectivity index (χ2v) is 4.89. The maximum absolute atomic E-state index is 8.66. The molecule has 0 bridgehead atoms. The molecule has 0 aliphatic rings. The summed E-state index contributed by atoms with van der Waals surface area (Å²) in [5, 5.41) is 8.66. The summed E-state index contributed by atoms with van der Waals surface area (Å²) in [6.07, 6.45) is 1.66. The lowest BCUT2D eigenvalue weighted by molar-refractivity contribution is 0.196. The van der Waals surface area contributed by atoms with Crippen LogP contribution in [0.15, 0.2) is 24.3 Å². The Morgan fingerprint density at radius 2 is 2.00 bits per heavy atom. The molecule has 0 saturated carbocycles. The van der Waals surface area contributed by atoms with Crippen LogP contribution in [0, 0.1) is 11.8 Å². The zero-order chi connectivity index (χ0) is 14.8. The van der Waals surface area contributed by atoms with E-state index in [9.17, 15) is 0 Å². The molecule has 0 saturated heterocycles. The van der Waals surface area contributed by atoms with Gasteiger partial charge in [-0.1, -0.05) is 18.8 Å². The highest BCUT2D eigenvalue weighted by Gasteiger charge is 2.05. The normalized spacial score (nSPS) is 11.8. The molecule has 110 valence electrons. The molecule has 3 heteroatoms. The average Bonchev–Trinajstić information content (AvgIpc) is 2.48. The molecule has 0 aromatic heterocycles. The van der Waals surface area contributed by atoms with Crippen molar-refractivity contribution in [3.8, 4) is 17.6 Å². The molecule has 0 spiro atoms. The fourth-order valence-corrected chi connectivity index (χ4v) is 1.69. The van der Waals surface area contributed by atoms with E-state index in [0.717, 1.165) is 24.3 Å². The molecule has 0 fully saturated rings. The monoisotopic (exact) mass is 275 g/mol. The summed E-state index contributed by atoms with van der Waals surface area (Å²) in [6, 6.07) is 8.34. The third-order valence-electron chi connectivity index (χ3n) is 3.38. The first-order valence-corrected chi connectivity index (χ1v) is 7.20. The first kappa shape index (κ1) is 16.6. The summed E-state index contributed by atoms with van der Waals surface area (Å²) < 4.78 is 5.72. The Bertz CT molecular complexity index is 431. The van der Waals surface area contributed by atoms with Crippen LogP contribution in [0.25, 0.3) is 0 Å². The van der Waals surface area contributed by atoms with Crippen molar-refractivity contribution in [3.63, 3.8) is 0 Å². The lowest BCUT2D eigenvalue weighted by Crippen LogP contribution is -2.32. The average molecular weight is 275 g/mol. The van der Waals surface area contributed by atoms with Gasteiger partial charge in [0.15, 0.2) is 0 Å². The predicted molar refractivity (Wildman–Crippen MR) is 82.9 cm³/mol. The molecule has 0 aliphatic carbocycles. The molecule has 1 aromatic carbocycles. The van der Waals surface area contributed by atoms with Crippen LogP contribution in [0.3, 0.4) is 0 Å². The van der Waals surface area contributed by atoms with Crippen LogP contribution in [0.4, 0.5) is 0 Å². The number of hydrogen-bond acceptors (Lipinski definition) is 3. The minimum atomic E-state index is 0.109. The number of nitrogens with zero attached hydrogens (tertiary/aromatic N) is 1. The molecule has 3 nitrogen and oxygen atoms in total. The summed E-state index contributed by atoms with van der Waals surface area (Å²) in [5.41, 5.74) is 0.947. The third-order valence-corrected chi connectivity index (χ3v) is 3.38. The van der Waals surface area contributed by atoms with E-state index in [-0.39, 0.29) is 6.61 Å². The van der Waals surface area contributed by atoms with Crippen molar-refractivity contribution in [2.75, 3.05) is 26.8 Å². The zero-order valence-electron chi connectivity index (χ0n) is 12.7. The van der Waals surface area contributed by atoms with E-state index in [0.29, 0.717) is 19.1 Å². The van der Waals surface area contributed by atoms with E-state index in [1.165, 1.54) is 0 Å². The van der Waals surface area contributed by atoms with Gasteiger partial charge in [0.25, 0.3) is 0 Å². The van der Waals surface area contributed by atoms with Crippen molar-refractivity contribution in [2.24, 2.45) is 0 Å². The number of rotatable bonds is 7. The fraction of sp³-hybridized carbons (Fsp3) is 0.529. The van der Waals surface area contributed by atoms with Gasteiger partial charge in [-0.2, -0.15) is 0 Å². The van der Waals surface area contributed by atoms with Gasteiger partial charge >= 0.3 is 0 Å². The van der Waals surface area contributed by atoms with Crippen LogP contribution >= 0.6 is 0 Å². The Hall–Kier alpha value is -1.50. The molecule has 1 N–H and O–H groups in total. The van der Waals surface area contributed by atoms with Gasteiger partial charge in [-0.25, -0.2) is 0 Å². The fourth-order valence-electron chi connectivity index (χ4n) is 1.69. The number of aliphatic hydroxyl groups excluding tert-OH is 1. The first-order chi connectivity index (χ1) is 9.67. The minimum absolute atomic E-state index is 0.109.